The molecule has 1 aromatic carbocycles. The Morgan fingerprint density at radius 2 is 2.05 bits per heavy atom. The minimum absolute atomic E-state index is 0.0226. The van der Waals surface area contributed by atoms with Crippen LogP contribution in [0.25, 0.3) is 0 Å². The van der Waals surface area contributed by atoms with Crippen LogP contribution >= 0.6 is 0 Å². The Bertz CT molecular complexity index is 562. The quantitative estimate of drug-likeness (QED) is 0.873. The van der Waals surface area contributed by atoms with E-state index in [1.807, 2.05) is 13.8 Å². The molecule has 0 spiro atoms. The first-order valence-electron chi connectivity index (χ1n) is 6.25. The maximum atomic E-state index is 12.8. The minimum Gasteiger partial charge on any atom is -0.480 e. The fourth-order valence-corrected chi connectivity index (χ4v) is 1.86. The second-order valence-electron chi connectivity index (χ2n) is 5.03. The average Bonchev–Trinajstić information content (AvgIpc) is 2.36. The maximum absolute atomic E-state index is 12.8. The van der Waals surface area contributed by atoms with Crippen LogP contribution in [-0.2, 0) is 11.0 Å². The summed E-state index contributed by atoms with van der Waals surface area (Å²) in [4.78, 5) is 11.1. The molecule has 0 saturated heterocycles. The van der Waals surface area contributed by atoms with E-state index in [0.29, 0.717) is 0 Å². The number of alkyl halides is 3. The van der Waals surface area contributed by atoms with Crippen LogP contribution in [0.3, 0.4) is 0 Å². The van der Waals surface area contributed by atoms with E-state index in [1.54, 1.807) is 0 Å². The largest absolute Gasteiger partial charge is 0.480 e. The molecule has 2 N–H and O–H groups in total. The number of nitrogens with one attached hydrogen (secondary N) is 1. The molecule has 0 heterocycles. The Labute approximate surface area is 120 Å². The highest BCUT2D eigenvalue weighted by molar-refractivity contribution is 5.77. The van der Waals surface area contributed by atoms with Crippen molar-refractivity contribution in [1.29, 1.82) is 5.26 Å². The lowest BCUT2D eigenvalue weighted by Crippen LogP contribution is -2.30. The highest BCUT2D eigenvalue weighted by Crippen LogP contribution is 2.33. The molecule has 0 aliphatic rings. The van der Waals surface area contributed by atoms with Crippen molar-refractivity contribution in [2.75, 3.05) is 5.32 Å². The zero-order valence-electron chi connectivity index (χ0n) is 11.5. The number of hydrogen-bond donors (Lipinski definition) is 2. The van der Waals surface area contributed by atoms with E-state index < -0.39 is 29.3 Å². The number of aliphatic carboxylic acids is 1. The second kappa shape index (κ2) is 6.48. The lowest BCUT2D eigenvalue weighted by atomic mass is 10.0. The smallest absolute Gasteiger partial charge is 0.417 e. The number of carbonyl (C=O) groups is 1. The van der Waals surface area contributed by atoms with Crippen molar-refractivity contribution in [2.45, 2.75) is 32.5 Å². The number of hydrogen-bond acceptors (Lipinski definition) is 3. The van der Waals surface area contributed by atoms with Gasteiger partial charge in [-0.3, -0.25) is 0 Å². The first-order chi connectivity index (χ1) is 9.65. The van der Waals surface area contributed by atoms with Gasteiger partial charge < -0.3 is 10.4 Å². The summed E-state index contributed by atoms with van der Waals surface area (Å²) in [6, 6.07) is 3.54. The highest BCUT2D eigenvalue weighted by atomic mass is 19.4. The third-order valence-corrected chi connectivity index (χ3v) is 2.79. The van der Waals surface area contributed by atoms with E-state index in [9.17, 15) is 18.0 Å². The van der Waals surface area contributed by atoms with Gasteiger partial charge in [-0.1, -0.05) is 13.8 Å². The molecule has 0 aromatic heterocycles. The Morgan fingerprint density at radius 3 is 2.48 bits per heavy atom. The van der Waals surface area contributed by atoms with Gasteiger partial charge in [0.05, 0.1) is 17.2 Å². The number of nitrogens with zero attached hydrogens (tertiary/aromatic N) is 1. The molecule has 0 bridgehead atoms. The van der Waals surface area contributed by atoms with Gasteiger partial charge in [-0.05, 0) is 30.5 Å². The summed E-state index contributed by atoms with van der Waals surface area (Å²) in [5.74, 6) is -1.07. The van der Waals surface area contributed by atoms with Gasteiger partial charge in [0.25, 0.3) is 0 Å². The molecule has 1 rings (SSSR count). The topological polar surface area (TPSA) is 73.1 Å². The van der Waals surface area contributed by atoms with Crippen molar-refractivity contribution in [3.05, 3.63) is 29.3 Å². The summed E-state index contributed by atoms with van der Waals surface area (Å²) >= 11 is 0. The summed E-state index contributed by atoms with van der Waals surface area (Å²) in [5, 5.41) is 20.3. The number of benzene rings is 1. The summed E-state index contributed by atoms with van der Waals surface area (Å²) < 4.78 is 38.5. The summed E-state index contributed by atoms with van der Waals surface area (Å²) in [5.41, 5.74) is -1.55. The third-order valence-electron chi connectivity index (χ3n) is 2.79. The van der Waals surface area contributed by atoms with Crippen LogP contribution in [0.2, 0.25) is 0 Å². The molecule has 1 unspecified atom stereocenters. The van der Waals surface area contributed by atoms with Crippen molar-refractivity contribution in [2.24, 2.45) is 5.92 Å². The monoisotopic (exact) mass is 300 g/mol. The molecular formula is C14H15F3N2O2. The molecule has 0 amide bonds. The number of halogens is 3. The molecule has 114 valence electrons. The minimum atomic E-state index is -4.67. The molecule has 1 atom stereocenters. The van der Waals surface area contributed by atoms with E-state index in [1.165, 1.54) is 12.1 Å². The maximum Gasteiger partial charge on any atom is 0.417 e. The number of anilines is 1. The van der Waals surface area contributed by atoms with Crippen LogP contribution < -0.4 is 5.32 Å². The predicted molar refractivity (Wildman–Crippen MR) is 70.7 cm³/mol. The molecule has 4 nitrogen and oxygen atoms in total. The Kier molecular flexibility index (Phi) is 5.19. The molecular weight excluding hydrogens is 285 g/mol. The normalized spacial score (nSPS) is 12.8. The summed E-state index contributed by atoms with van der Waals surface area (Å²) in [7, 11) is 0. The van der Waals surface area contributed by atoms with Crippen LogP contribution in [0.5, 0.6) is 0 Å². The number of rotatable bonds is 5. The van der Waals surface area contributed by atoms with Crippen LogP contribution in [0.1, 0.15) is 31.4 Å². The van der Waals surface area contributed by atoms with Gasteiger partial charge in [0.15, 0.2) is 0 Å². The van der Waals surface area contributed by atoms with Crippen molar-refractivity contribution < 1.29 is 23.1 Å². The first kappa shape index (κ1) is 16.8. The molecule has 0 fully saturated rings. The van der Waals surface area contributed by atoms with Gasteiger partial charge in [0.1, 0.15) is 6.04 Å². The van der Waals surface area contributed by atoms with E-state index in [0.717, 1.165) is 12.1 Å². The van der Waals surface area contributed by atoms with Crippen LogP contribution in [0.15, 0.2) is 18.2 Å². The molecule has 0 radical (unpaired) electrons. The van der Waals surface area contributed by atoms with Crippen LogP contribution in [0.4, 0.5) is 18.9 Å². The van der Waals surface area contributed by atoms with Crippen molar-refractivity contribution >= 4 is 11.7 Å². The summed E-state index contributed by atoms with van der Waals surface area (Å²) in [6.07, 6.45) is -4.39. The number of carboxylic acid groups (broad SMARTS) is 1. The van der Waals surface area contributed by atoms with E-state index in [2.05, 4.69) is 5.32 Å². The standard InChI is InChI=1S/C14H15F3N2O2/c1-8(2)5-12(13(20)21)19-10-4-3-9(7-18)11(6-10)14(15,16)17/h3-4,6,8,12,19H,5H2,1-2H3,(H,20,21). The highest BCUT2D eigenvalue weighted by Gasteiger charge is 2.34. The first-order valence-corrected chi connectivity index (χ1v) is 6.25. The van der Waals surface area contributed by atoms with Gasteiger partial charge in [0, 0.05) is 5.69 Å². The predicted octanol–water partition coefficient (Wildman–Crippen LogP) is 3.49. The number of carboxylic acids is 1. The zero-order valence-corrected chi connectivity index (χ0v) is 11.5. The lowest BCUT2D eigenvalue weighted by molar-refractivity contribution is -0.138. The van der Waals surface area contributed by atoms with E-state index in [4.69, 9.17) is 10.4 Å². The Hall–Kier alpha value is -2.23. The van der Waals surface area contributed by atoms with Gasteiger partial charge in [0.2, 0.25) is 0 Å². The van der Waals surface area contributed by atoms with Crippen molar-refractivity contribution in [3.63, 3.8) is 0 Å². The lowest BCUT2D eigenvalue weighted by Gasteiger charge is -2.19. The molecule has 7 heteroatoms. The summed E-state index contributed by atoms with van der Waals surface area (Å²) in [6.45, 7) is 3.63. The second-order valence-corrected chi connectivity index (χ2v) is 5.03. The van der Waals surface area contributed by atoms with Crippen molar-refractivity contribution in [1.82, 2.24) is 0 Å². The molecule has 0 saturated carbocycles. The van der Waals surface area contributed by atoms with Crippen LogP contribution in [0, 0.1) is 17.2 Å². The Balaban J connectivity index is 3.09. The van der Waals surface area contributed by atoms with Gasteiger partial charge >= 0.3 is 12.1 Å². The molecule has 21 heavy (non-hydrogen) atoms. The third kappa shape index (κ3) is 4.67. The van der Waals surface area contributed by atoms with Gasteiger partial charge in [-0.2, -0.15) is 18.4 Å². The zero-order chi connectivity index (χ0) is 16.2. The molecule has 0 aliphatic carbocycles. The molecule has 1 aromatic rings. The van der Waals surface area contributed by atoms with E-state index in [-0.39, 0.29) is 18.0 Å². The molecule has 0 aliphatic heterocycles. The fourth-order valence-electron chi connectivity index (χ4n) is 1.86. The number of nitriles is 1. The van der Waals surface area contributed by atoms with Crippen molar-refractivity contribution in [3.8, 4) is 6.07 Å². The Morgan fingerprint density at radius 1 is 1.43 bits per heavy atom. The van der Waals surface area contributed by atoms with Gasteiger partial charge in [-0.25, -0.2) is 4.79 Å². The average molecular weight is 300 g/mol. The fraction of sp³-hybridized carbons (Fsp3) is 0.429. The SMILES string of the molecule is CC(C)CC(Nc1ccc(C#N)c(C(F)(F)F)c1)C(=O)O. The van der Waals surface area contributed by atoms with Gasteiger partial charge in [-0.15, -0.1) is 0 Å². The van der Waals surface area contributed by atoms with Crippen LogP contribution in [-0.4, -0.2) is 17.1 Å². The van der Waals surface area contributed by atoms with E-state index >= 15 is 0 Å².